The number of furan rings is 1. The van der Waals surface area contributed by atoms with Crippen LogP contribution in [0.5, 0.6) is 5.75 Å². The third kappa shape index (κ3) is 4.21. The topological polar surface area (TPSA) is 80.6 Å². The number of amides is 2. The summed E-state index contributed by atoms with van der Waals surface area (Å²) in [5, 5.41) is 5.84. The van der Waals surface area contributed by atoms with Gasteiger partial charge in [0, 0.05) is 11.7 Å². The van der Waals surface area contributed by atoms with Crippen molar-refractivity contribution < 1.29 is 18.7 Å². The maximum atomic E-state index is 12.2. The third-order valence-corrected chi connectivity index (χ3v) is 6.05. The first-order valence-corrected chi connectivity index (χ1v) is 9.95. The van der Waals surface area contributed by atoms with Crippen LogP contribution in [0.4, 0.5) is 5.69 Å². The van der Waals surface area contributed by atoms with Crippen LogP contribution in [0.3, 0.4) is 0 Å². The van der Waals surface area contributed by atoms with E-state index in [0.717, 1.165) is 11.8 Å². The summed E-state index contributed by atoms with van der Waals surface area (Å²) in [7, 11) is 0. The molecule has 1 aromatic heterocycles. The predicted octanol–water partition coefficient (Wildman–Crippen LogP) is 3.85. The van der Waals surface area contributed by atoms with Crippen LogP contribution in [0, 0.1) is 17.8 Å². The zero-order valence-corrected chi connectivity index (χ0v) is 16.0. The van der Waals surface area contributed by atoms with E-state index in [2.05, 4.69) is 17.6 Å². The standard InChI is InChI=1S/C22H26N2O4/c1-14(19-12-15-4-5-16(19)11-15)23-21(25)13-28-18-8-6-17(7-9-18)24-22(26)20-3-2-10-27-20/h2-3,6-10,14-16,19H,4-5,11-13H2,1H3,(H,23,25)(H,24,26)/t14-,15+,16+,19-/m0/s1. The predicted molar refractivity (Wildman–Crippen MR) is 105 cm³/mol. The third-order valence-electron chi connectivity index (χ3n) is 6.05. The Balaban J connectivity index is 1.22. The lowest BCUT2D eigenvalue weighted by Gasteiger charge is -2.28. The van der Waals surface area contributed by atoms with E-state index in [1.165, 1.54) is 31.9 Å². The molecule has 0 saturated heterocycles. The van der Waals surface area contributed by atoms with Gasteiger partial charge in [0.05, 0.1) is 6.26 Å². The molecule has 6 heteroatoms. The molecule has 28 heavy (non-hydrogen) atoms. The molecule has 4 atom stereocenters. The van der Waals surface area contributed by atoms with Gasteiger partial charge in [-0.2, -0.15) is 0 Å². The molecule has 2 N–H and O–H groups in total. The van der Waals surface area contributed by atoms with Crippen molar-refractivity contribution >= 4 is 17.5 Å². The Hall–Kier alpha value is -2.76. The average molecular weight is 382 g/mol. The molecule has 148 valence electrons. The van der Waals surface area contributed by atoms with E-state index in [9.17, 15) is 9.59 Å². The van der Waals surface area contributed by atoms with Gasteiger partial charge in [-0.3, -0.25) is 9.59 Å². The van der Waals surface area contributed by atoms with Crippen LogP contribution in [0.2, 0.25) is 0 Å². The van der Waals surface area contributed by atoms with E-state index < -0.39 is 0 Å². The van der Waals surface area contributed by atoms with Crippen molar-refractivity contribution in [1.29, 1.82) is 0 Å². The lowest BCUT2D eigenvalue weighted by atomic mass is 9.84. The molecule has 2 amide bonds. The van der Waals surface area contributed by atoms with E-state index >= 15 is 0 Å². The summed E-state index contributed by atoms with van der Waals surface area (Å²) < 4.78 is 10.6. The molecular formula is C22H26N2O4. The second-order valence-electron chi connectivity index (χ2n) is 7.94. The van der Waals surface area contributed by atoms with Crippen LogP contribution in [0.25, 0.3) is 0 Å². The molecule has 2 aliphatic carbocycles. The van der Waals surface area contributed by atoms with E-state index in [4.69, 9.17) is 9.15 Å². The largest absolute Gasteiger partial charge is 0.484 e. The van der Waals surface area contributed by atoms with Gasteiger partial charge >= 0.3 is 0 Å². The first-order chi connectivity index (χ1) is 13.6. The molecule has 1 heterocycles. The molecule has 0 radical (unpaired) electrons. The Morgan fingerprint density at radius 3 is 2.64 bits per heavy atom. The number of nitrogens with one attached hydrogen (secondary N) is 2. The number of fused-ring (bicyclic) bond motifs is 2. The van der Waals surface area contributed by atoms with E-state index in [1.807, 2.05) is 0 Å². The molecule has 2 bridgehead atoms. The molecule has 1 aromatic carbocycles. The fourth-order valence-electron chi connectivity index (χ4n) is 4.69. The van der Waals surface area contributed by atoms with Crippen molar-refractivity contribution in [2.75, 3.05) is 11.9 Å². The van der Waals surface area contributed by atoms with E-state index in [0.29, 0.717) is 17.4 Å². The van der Waals surface area contributed by atoms with E-state index in [-0.39, 0.29) is 30.2 Å². The average Bonchev–Trinajstić information content (AvgIpc) is 3.45. The maximum Gasteiger partial charge on any atom is 0.291 e. The molecule has 6 nitrogen and oxygen atoms in total. The summed E-state index contributed by atoms with van der Waals surface area (Å²) in [4.78, 5) is 24.2. The molecule has 2 aromatic rings. The van der Waals surface area contributed by atoms with Crippen LogP contribution in [-0.4, -0.2) is 24.5 Å². The molecule has 0 unspecified atom stereocenters. The van der Waals surface area contributed by atoms with Crippen LogP contribution in [0.1, 0.15) is 43.2 Å². The van der Waals surface area contributed by atoms with Crippen molar-refractivity contribution in [2.24, 2.45) is 17.8 Å². The highest BCUT2D eigenvalue weighted by molar-refractivity contribution is 6.02. The molecule has 0 spiro atoms. The van der Waals surface area contributed by atoms with Crippen molar-refractivity contribution in [1.82, 2.24) is 5.32 Å². The van der Waals surface area contributed by atoms with Gasteiger partial charge in [-0.1, -0.05) is 6.42 Å². The summed E-state index contributed by atoms with van der Waals surface area (Å²) in [6, 6.07) is 10.4. The highest BCUT2D eigenvalue weighted by Gasteiger charge is 2.42. The van der Waals surface area contributed by atoms with Crippen LogP contribution < -0.4 is 15.4 Å². The minimum absolute atomic E-state index is 0.0107. The Bertz CT molecular complexity index is 816. The first kappa shape index (κ1) is 18.6. The van der Waals surface area contributed by atoms with Crippen molar-refractivity contribution in [2.45, 2.75) is 38.6 Å². The number of carbonyl (C=O) groups is 2. The van der Waals surface area contributed by atoms with Gasteiger partial charge in [-0.05, 0) is 80.3 Å². The van der Waals surface area contributed by atoms with Gasteiger partial charge in [-0.25, -0.2) is 0 Å². The summed E-state index contributed by atoms with van der Waals surface area (Å²) in [5.41, 5.74) is 0.628. The van der Waals surface area contributed by atoms with Gasteiger partial charge in [0.15, 0.2) is 12.4 Å². The fourth-order valence-corrected chi connectivity index (χ4v) is 4.69. The van der Waals surface area contributed by atoms with Gasteiger partial charge < -0.3 is 19.8 Å². The van der Waals surface area contributed by atoms with Crippen LogP contribution >= 0.6 is 0 Å². The Kier molecular flexibility index (Phi) is 5.37. The van der Waals surface area contributed by atoms with Gasteiger partial charge in [-0.15, -0.1) is 0 Å². The summed E-state index contributed by atoms with van der Waals surface area (Å²) in [6.45, 7) is 2.10. The maximum absolute atomic E-state index is 12.2. The van der Waals surface area contributed by atoms with Crippen LogP contribution in [-0.2, 0) is 4.79 Å². The number of hydrogen-bond donors (Lipinski definition) is 2. The minimum Gasteiger partial charge on any atom is -0.484 e. The van der Waals surface area contributed by atoms with Gasteiger partial charge in [0.1, 0.15) is 5.75 Å². The van der Waals surface area contributed by atoms with Crippen molar-refractivity contribution in [3.8, 4) is 5.75 Å². The quantitative estimate of drug-likeness (QED) is 0.762. The number of carbonyl (C=O) groups excluding carboxylic acids is 2. The summed E-state index contributed by atoms with van der Waals surface area (Å²) in [6.07, 6.45) is 6.72. The smallest absolute Gasteiger partial charge is 0.291 e. The second kappa shape index (κ2) is 8.09. The van der Waals surface area contributed by atoms with Crippen molar-refractivity contribution in [3.63, 3.8) is 0 Å². The monoisotopic (exact) mass is 382 g/mol. The Morgan fingerprint density at radius 2 is 2.00 bits per heavy atom. The zero-order valence-electron chi connectivity index (χ0n) is 16.0. The SMILES string of the molecule is C[C@H](NC(=O)COc1ccc(NC(=O)c2ccco2)cc1)[C@@H]1C[C@@H]2CC[C@@H]1C2. The first-order valence-electron chi connectivity index (χ1n) is 9.95. The van der Waals surface area contributed by atoms with Crippen molar-refractivity contribution in [3.05, 3.63) is 48.4 Å². The van der Waals surface area contributed by atoms with Crippen LogP contribution in [0.15, 0.2) is 47.1 Å². The lowest BCUT2D eigenvalue weighted by Crippen LogP contribution is -2.42. The number of anilines is 1. The molecule has 0 aliphatic heterocycles. The zero-order chi connectivity index (χ0) is 19.5. The lowest BCUT2D eigenvalue weighted by molar-refractivity contribution is -0.124. The van der Waals surface area contributed by atoms with E-state index in [1.54, 1.807) is 36.4 Å². The molecule has 2 fully saturated rings. The summed E-state index contributed by atoms with van der Waals surface area (Å²) in [5.74, 6) is 2.70. The minimum atomic E-state index is -0.312. The molecular weight excluding hydrogens is 356 g/mol. The van der Waals surface area contributed by atoms with Gasteiger partial charge in [0.25, 0.3) is 11.8 Å². The summed E-state index contributed by atoms with van der Waals surface area (Å²) >= 11 is 0. The number of hydrogen-bond acceptors (Lipinski definition) is 4. The highest BCUT2D eigenvalue weighted by Crippen LogP contribution is 2.49. The molecule has 2 aliphatic rings. The molecule has 4 rings (SSSR count). The fraction of sp³-hybridized carbons (Fsp3) is 0.455. The number of ether oxygens (including phenoxy) is 1. The normalized spacial score (nSPS) is 24.0. The number of rotatable bonds is 7. The number of benzene rings is 1. The Labute approximate surface area is 164 Å². The highest BCUT2D eigenvalue weighted by atomic mass is 16.5. The molecule has 2 saturated carbocycles. The second-order valence-corrected chi connectivity index (χ2v) is 7.94. The Morgan fingerprint density at radius 1 is 1.18 bits per heavy atom. The van der Waals surface area contributed by atoms with Gasteiger partial charge in [0.2, 0.25) is 0 Å².